The van der Waals surface area contributed by atoms with E-state index in [0.29, 0.717) is 37.0 Å². The Morgan fingerprint density at radius 1 is 1.08 bits per heavy atom. The Morgan fingerprint density at radius 3 is 2.72 bits per heavy atom. The highest BCUT2D eigenvalue weighted by Gasteiger charge is 2.21. The van der Waals surface area contributed by atoms with E-state index in [0.717, 1.165) is 37.0 Å². The number of rotatable bonds is 4. The fraction of sp³-hybridized carbons (Fsp3) is 0.474. The molecular formula is C19H22N2O4. The molecule has 1 fully saturated rings. The molecule has 1 N–H and O–H groups in total. The largest absolute Gasteiger partial charge is 0.486 e. The number of hydrogen-bond donors (Lipinski definition) is 1. The Hall–Kier alpha value is -2.50. The lowest BCUT2D eigenvalue weighted by Gasteiger charge is -2.20. The van der Waals surface area contributed by atoms with E-state index in [9.17, 15) is 4.79 Å². The molecule has 132 valence electrons. The second kappa shape index (κ2) is 7.17. The van der Waals surface area contributed by atoms with Crippen LogP contribution in [0.5, 0.6) is 11.5 Å². The van der Waals surface area contributed by atoms with E-state index in [4.69, 9.17) is 14.0 Å². The molecule has 0 saturated heterocycles. The number of carbonyl (C=O) groups excluding carboxylic acids is 1. The van der Waals surface area contributed by atoms with Crippen molar-refractivity contribution in [1.82, 2.24) is 10.5 Å². The monoisotopic (exact) mass is 342 g/mol. The molecule has 25 heavy (non-hydrogen) atoms. The molecular weight excluding hydrogens is 320 g/mol. The Labute approximate surface area is 146 Å². The summed E-state index contributed by atoms with van der Waals surface area (Å²) in [5, 5.41) is 7.04. The highest BCUT2D eigenvalue weighted by atomic mass is 16.6. The summed E-state index contributed by atoms with van der Waals surface area (Å²) < 4.78 is 16.5. The van der Waals surface area contributed by atoms with Gasteiger partial charge in [0, 0.05) is 17.5 Å². The minimum Gasteiger partial charge on any atom is -0.486 e. The number of aromatic nitrogens is 1. The van der Waals surface area contributed by atoms with Crippen LogP contribution in [-0.4, -0.2) is 24.3 Å². The molecule has 1 amide bonds. The Balaban J connectivity index is 1.39. The highest BCUT2D eigenvalue weighted by Crippen LogP contribution is 2.34. The van der Waals surface area contributed by atoms with Crippen LogP contribution in [0.1, 0.15) is 37.8 Å². The molecule has 0 radical (unpaired) electrons. The van der Waals surface area contributed by atoms with Gasteiger partial charge in [-0.3, -0.25) is 4.79 Å². The number of carbonyl (C=O) groups is 1. The molecule has 4 rings (SSSR count). The van der Waals surface area contributed by atoms with Gasteiger partial charge in [0.25, 0.3) is 0 Å². The van der Waals surface area contributed by atoms with E-state index >= 15 is 0 Å². The quantitative estimate of drug-likeness (QED) is 0.923. The summed E-state index contributed by atoms with van der Waals surface area (Å²) in [5.41, 5.74) is 1.59. The van der Waals surface area contributed by atoms with Crippen molar-refractivity contribution in [3.8, 4) is 22.8 Å². The molecule has 0 spiro atoms. The van der Waals surface area contributed by atoms with E-state index in [1.165, 1.54) is 6.42 Å². The molecule has 6 nitrogen and oxygen atoms in total. The minimum absolute atomic E-state index is 0.128. The molecule has 1 saturated carbocycles. The molecule has 1 aliphatic heterocycles. The van der Waals surface area contributed by atoms with Gasteiger partial charge in [0.1, 0.15) is 18.9 Å². The van der Waals surface area contributed by atoms with Crippen molar-refractivity contribution in [3.63, 3.8) is 0 Å². The maximum absolute atomic E-state index is 12.2. The van der Waals surface area contributed by atoms with Crippen molar-refractivity contribution in [2.24, 2.45) is 5.92 Å². The summed E-state index contributed by atoms with van der Waals surface area (Å²) in [6.07, 6.45) is 5.53. The maximum atomic E-state index is 12.2. The summed E-state index contributed by atoms with van der Waals surface area (Å²) in [6.45, 7) is 1.51. The number of nitrogens with zero attached hydrogens (tertiary/aromatic N) is 1. The van der Waals surface area contributed by atoms with E-state index in [1.807, 2.05) is 24.3 Å². The molecule has 0 unspecified atom stereocenters. The second-order valence-corrected chi connectivity index (χ2v) is 6.59. The van der Waals surface area contributed by atoms with Crippen LogP contribution < -0.4 is 14.8 Å². The predicted octanol–water partition coefficient (Wildman–Crippen LogP) is 3.31. The summed E-state index contributed by atoms with van der Waals surface area (Å²) in [6, 6.07) is 7.53. The molecule has 2 aromatic rings. The van der Waals surface area contributed by atoms with E-state index in [1.54, 1.807) is 0 Å². The van der Waals surface area contributed by atoms with Crippen LogP contribution in [0.15, 0.2) is 28.8 Å². The van der Waals surface area contributed by atoms with Gasteiger partial charge in [-0.1, -0.05) is 24.4 Å². The first-order chi connectivity index (χ1) is 12.3. The minimum atomic E-state index is 0.128. The second-order valence-electron chi connectivity index (χ2n) is 6.59. The zero-order valence-electron chi connectivity index (χ0n) is 14.1. The van der Waals surface area contributed by atoms with Crippen molar-refractivity contribution in [2.75, 3.05) is 13.2 Å². The molecule has 0 atom stereocenters. The Morgan fingerprint density at radius 2 is 1.88 bits per heavy atom. The molecule has 6 heteroatoms. The van der Waals surface area contributed by atoms with Crippen LogP contribution in [0.2, 0.25) is 0 Å². The first kappa shape index (κ1) is 16.0. The third kappa shape index (κ3) is 3.62. The number of amides is 1. The SMILES string of the molecule is O=C(NCc1cc(-c2ccc3c(c2)OCCO3)on1)C1CCCCC1. The summed E-state index contributed by atoms with van der Waals surface area (Å²) in [4.78, 5) is 12.2. The molecule has 1 aromatic heterocycles. The molecule has 1 aliphatic carbocycles. The van der Waals surface area contributed by atoms with Crippen molar-refractivity contribution in [2.45, 2.75) is 38.6 Å². The standard InChI is InChI=1S/C19H22N2O4/c22-19(13-4-2-1-3-5-13)20-12-15-11-17(25-21-15)14-6-7-16-18(10-14)24-9-8-23-16/h6-7,10-11,13H,1-5,8-9,12H2,(H,20,22). The Bertz CT molecular complexity index is 750. The predicted molar refractivity (Wildman–Crippen MR) is 91.4 cm³/mol. The fourth-order valence-corrected chi connectivity index (χ4v) is 3.41. The average Bonchev–Trinajstić information content (AvgIpc) is 3.15. The highest BCUT2D eigenvalue weighted by molar-refractivity contribution is 5.78. The maximum Gasteiger partial charge on any atom is 0.223 e. The number of hydrogen-bond acceptors (Lipinski definition) is 5. The lowest BCUT2D eigenvalue weighted by molar-refractivity contribution is -0.126. The van der Waals surface area contributed by atoms with Gasteiger partial charge in [-0.05, 0) is 31.0 Å². The average molecular weight is 342 g/mol. The van der Waals surface area contributed by atoms with Crippen molar-refractivity contribution < 1.29 is 18.8 Å². The number of fused-ring (bicyclic) bond motifs is 1. The molecule has 0 bridgehead atoms. The van der Waals surface area contributed by atoms with Crippen molar-refractivity contribution >= 4 is 5.91 Å². The lowest BCUT2D eigenvalue weighted by Crippen LogP contribution is -2.31. The van der Waals surface area contributed by atoms with Crippen LogP contribution in [0.25, 0.3) is 11.3 Å². The van der Waals surface area contributed by atoms with Crippen LogP contribution in [0, 0.1) is 5.92 Å². The van der Waals surface area contributed by atoms with Gasteiger partial charge in [-0.15, -0.1) is 0 Å². The summed E-state index contributed by atoms with van der Waals surface area (Å²) in [5.74, 6) is 2.39. The zero-order valence-corrected chi connectivity index (χ0v) is 14.1. The summed E-state index contributed by atoms with van der Waals surface area (Å²) >= 11 is 0. The topological polar surface area (TPSA) is 73.6 Å². The van der Waals surface area contributed by atoms with Crippen LogP contribution >= 0.6 is 0 Å². The number of benzene rings is 1. The van der Waals surface area contributed by atoms with Crippen LogP contribution in [-0.2, 0) is 11.3 Å². The van der Waals surface area contributed by atoms with Gasteiger partial charge in [0.05, 0.1) is 6.54 Å². The third-order valence-electron chi connectivity index (χ3n) is 4.81. The Kier molecular flexibility index (Phi) is 4.59. The first-order valence-corrected chi connectivity index (χ1v) is 8.93. The van der Waals surface area contributed by atoms with Gasteiger partial charge >= 0.3 is 0 Å². The van der Waals surface area contributed by atoms with Crippen molar-refractivity contribution in [1.29, 1.82) is 0 Å². The van der Waals surface area contributed by atoms with E-state index in [2.05, 4.69) is 10.5 Å². The zero-order chi connectivity index (χ0) is 17.1. The van der Waals surface area contributed by atoms with Gasteiger partial charge in [-0.25, -0.2) is 0 Å². The molecule has 2 heterocycles. The molecule has 2 aliphatic rings. The van der Waals surface area contributed by atoms with Gasteiger partial charge in [-0.2, -0.15) is 0 Å². The fourth-order valence-electron chi connectivity index (χ4n) is 3.41. The number of ether oxygens (including phenoxy) is 2. The molecule has 1 aromatic carbocycles. The van der Waals surface area contributed by atoms with E-state index in [-0.39, 0.29) is 11.8 Å². The van der Waals surface area contributed by atoms with Gasteiger partial charge < -0.3 is 19.3 Å². The van der Waals surface area contributed by atoms with Gasteiger partial charge in [0.2, 0.25) is 5.91 Å². The summed E-state index contributed by atoms with van der Waals surface area (Å²) in [7, 11) is 0. The van der Waals surface area contributed by atoms with Gasteiger partial charge in [0.15, 0.2) is 17.3 Å². The van der Waals surface area contributed by atoms with Crippen molar-refractivity contribution in [3.05, 3.63) is 30.0 Å². The third-order valence-corrected chi connectivity index (χ3v) is 4.81. The number of nitrogens with one attached hydrogen (secondary N) is 1. The lowest BCUT2D eigenvalue weighted by atomic mass is 9.89. The van der Waals surface area contributed by atoms with Crippen LogP contribution in [0.3, 0.4) is 0 Å². The van der Waals surface area contributed by atoms with E-state index < -0.39 is 0 Å². The smallest absolute Gasteiger partial charge is 0.223 e. The first-order valence-electron chi connectivity index (χ1n) is 8.93. The van der Waals surface area contributed by atoms with Crippen LogP contribution in [0.4, 0.5) is 0 Å². The normalized spacial score (nSPS) is 17.3.